The van der Waals surface area contributed by atoms with Gasteiger partial charge in [-0.1, -0.05) is 24.4 Å². The molecule has 1 aliphatic rings. The summed E-state index contributed by atoms with van der Waals surface area (Å²) in [4.78, 5) is 0.243. The molecule has 1 heterocycles. The maximum absolute atomic E-state index is 5.81. The number of fused-ring (bicyclic) bond motifs is 1. The summed E-state index contributed by atoms with van der Waals surface area (Å²) >= 11 is 4.99. The van der Waals surface area contributed by atoms with Crippen LogP contribution < -0.4 is 10.5 Å². The predicted octanol–water partition coefficient (Wildman–Crippen LogP) is 2.86. The van der Waals surface area contributed by atoms with Crippen LogP contribution in [0.1, 0.15) is 18.6 Å². The van der Waals surface area contributed by atoms with Crippen molar-refractivity contribution in [1.29, 1.82) is 0 Å². The average molecular weight is 247 g/mol. The Balaban J connectivity index is 2.03. The monoisotopic (exact) mass is 247 g/mol. The molecule has 4 heteroatoms. The lowest BCUT2D eigenvalue weighted by Gasteiger charge is -2.04. The van der Waals surface area contributed by atoms with E-state index in [1.807, 2.05) is 24.3 Å². The van der Waals surface area contributed by atoms with Crippen LogP contribution in [-0.4, -0.2) is 11.6 Å². The third kappa shape index (κ3) is 2.00. The molecular formula is C13H13NO2S. The van der Waals surface area contributed by atoms with Crippen LogP contribution in [0.5, 0.6) is 5.75 Å². The molecule has 0 radical (unpaired) electrons. The molecule has 1 aromatic heterocycles. The number of para-hydroxylation sites is 1. The van der Waals surface area contributed by atoms with Crippen LogP contribution >= 0.6 is 12.2 Å². The first-order chi connectivity index (χ1) is 8.25. The Morgan fingerprint density at radius 1 is 1.41 bits per heavy atom. The topological polar surface area (TPSA) is 48.4 Å². The average Bonchev–Trinajstić information content (AvgIpc) is 3.07. The number of hydrogen-bond donors (Lipinski definition) is 1. The van der Waals surface area contributed by atoms with Crippen molar-refractivity contribution in [2.75, 3.05) is 6.61 Å². The molecule has 1 saturated carbocycles. The standard InChI is InChI=1S/C13H13NO2S/c14-13(17)12-11(15-7-8-5-6-8)9-3-1-2-4-10(9)16-12/h1-4,8H,5-7H2,(H2,14,17). The second-order valence-electron chi connectivity index (χ2n) is 4.38. The van der Waals surface area contributed by atoms with Gasteiger partial charge >= 0.3 is 0 Å². The van der Waals surface area contributed by atoms with Gasteiger partial charge in [0.25, 0.3) is 0 Å². The van der Waals surface area contributed by atoms with Gasteiger partial charge in [-0.2, -0.15) is 0 Å². The molecule has 3 nitrogen and oxygen atoms in total. The van der Waals surface area contributed by atoms with E-state index in [0.717, 1.165) is 17.6 Å². The Morgan fingerprint density at radius 3 is 2.88 bits per heavy atom. The van der Waals surface area contributed by atoms with Crippen LogP contribution in [0.2, 0.25) is 0 Å². The van der Waals surface area contributed by atoms with Gasteiger partial charge in [-0.3, -0.25) is 0 Å². The smallest absolute Gasteiger partial charge is 0.204 e. The van der Waals surface area contributed by atoms with Crippen LogP contribution in [0, 0.1) is 5.92 Å². The summed E-state index contributed by atoms with van der Waals surface area (Å²) in [5.74, 6) is 1.87. The first-order valence-electron chi connectivity index (χ1n) is 5.70. The molecule has 0 bridgehead atoms. The molecule has 2 aromatic rings. The van der Waals surface area contributed by atoms with Crippen molar-refractivity contribution in [2.24, 2.45) is 11.7 Å². The van der Waals surface area contributed by atoms with Crippen LogP contribution in [0.25, 0.3) is 11.0 Å². The Bertz CT molecular complexity index is 572. The van der Waals surface area contributed by atoms with Crippen molar-refractivity contribution < 1.29 is 9.15 Å². The lowest BCUT2D eigenvalue weighted by atomic mass is 10.2. The van der Waals surface area contributed by atoms with Crippen molar-refractivity contribution in [3.8, 4) is 5.75 Å². The molecule has 0 saturated heterocycles. The van der Waals surface area contributed by atoms with Crippen LogP contribution in [-0.2, 0) is 0 Å². The Kier molecular flexibility index (Phi) is 2.52. The molecule has 1 aliphatic carbocycles. The lowest BCUT2D eigenvalue weighted by molar-refractivity contribution is 0.298. The quantitative estimate of drug-likeness (QED) is 0.844. The minimum absolute atomic E-state index is 0.243. The van der Waals surface area contributed by atoms with Gasteiger partial charge < -0.3 is 14.9 Å². The zero-order valence-electron chi connectivity index (χ0n) is 9.31. The Hall–Kier alpha value is -1.55. The van der Waals surface area contributed by atoms with Crippen molar-refractivity contribution in [1.82, 2.24) is 0 Å². The van der Waals surface area contributed by atoms with Gasteiger partial charge in [0, 0.05) is 0 Å². The van der Waals surface area contributed by atoms with Crippen molar-refractivity contribution in [3.05, 3.63) is 30.0 Å². The Morgan fingerprint density at radius 2 is 2.18 bits per heavy atom. The summed E-state index contributed by atoms with van der Waals surface area (Å²) in [5, 5.41) is 0.941. The van der Waals surface area contributed by atoms with Gasteiger partial charge in [-0.05, 0) is 30.9 Å². The summed E-state index contributed by atoms with van der Waals surface area (Å²) in [7, 11) is 0. The number of hydrogen-bond acceptors (Lipinski definition) is 3. The van der Waals surface area contributed by atoms with Gasteiger partial charge in [-0.25, -0.2) is 0 Å². The maximum atomic E-state index is 5.81. The lowest BCUT2D eigenvalue weighted by Crippen LogP contribution is -2.10. The van der Waals surface area contributed by atoms with Crippen LogP contribution in [0.4, 0.5) is 0 Å². The largest absolute Gasteiger partial charge is 0.488 e. The SMILES string of the molecule is NC(=S)c1oc2ccccc2c1OCC1CC1. The van der Waals surface area contributed by atoms with Gasteiger partial charge in [0.1, 0.15) is 10.6 Å². The highest BCUT2D eigenvalue weighted by Crippen LogP contribution is 2.35. The molecule has 1 fully saturated rings. The number of benzene rings is 1. The molecule has 1 aromatic carbocycles. The normalized spacial score (nSPS) is 15.1. The van der Waals surface area contributed by atoms with Gasteiger partial charge in [0.15, 0.2) is 5.75 Å². The summed E-state index contributed by atoms with van der Waals surface area (Å²) in [6.45, 7) is 0.721. The molecule has 0 unspecified atom stereocenters. The van der Waals surface area contributed by atoms with E-state index in [4.69, 9.17) is 27.1 Å². The molecule has 17 heavy (non-hydrogen) atoms. The van der Waals surface area contributed by atoms with E-state index in [9.17, 15) is 0 Å². The number of nitrogens with two attached hydrogens (primary N) is 1. The first kappa shape index (κ1) is 10.6. The van der Waals surface area contributed by atoms with Gasteiger partial charge in [-0.15, -0.1) is 0 Å². The molecule has 3 rings (SSSR count). The third-order valence-electron chi connectivity index (χ3n) is 2.93. The third-order valence-corrected chi connectivity index (χ3v) is 3.12. The zero-order chi connectivity index (χ0) is 11.8. The van der Waals surface area contributed by atoms with E-state index >= 15 is 0 Å². The number of ether oxygens (including phenoxy) is 1. The fraction of sp³-hybridized carbons (Fsp3) is 0.308. The van der Waals surface area contributed by atoms with E-state index in [1.54, 1.807) is 0 Å². The Labute approximate surface area is 105 Å². The highest BCUT2D eigenvalue weighted by Gasteiger charge is 2.24. The predicted molar refractivity (Wildman–Crippen MR) is 70.3 cm³/mol. The summed E-state index contributed by atoms with van der Waals surface area (Å²) in [5.41, 5.74) is 6.42. The maximum Gasteiger partial charge on any atom is 0.204 e. The van der Waals surface area contributed by atoms with Gasteiger partial charge in [0.05, 0.1) is 12.0 Å². The highest BCUT2D eigenvalue weighted by atomic mass is 32.1. The minimum atomic E-state index is 0.243. The minimum Gasteiger partial charge on any atom is -0.488 e. The first-order valence-corrected chi connectivity index (χ1v) is 6.10. The number of rotatable bonds is 4. The van der Waals surface area contributed by atoms with Crippen molar-refractivity contribution in [3.63, 3.8) is 0 Å². The second-order valence-corrected chi connectivity index (χ2v) is 4.81. The van der Waals surface area contributed by atoms with Crippen molar-refractivity contribution in [2.45, 2.75) is 12.8 Å². The summed E-state index contributed by atoms with van der Waals surface area (Å²) < 4.78 is 11.4. The zero-order valence-corrected chi connectivity index (χ0v) is 10.1. The van der Waals surface area contributed by atoms with Crippen molar-refractivity contribution >= 4 is 28.2 Å². The van der Waals surface area contributed by atoms with Gasteiger partial charge in [0.2, 0.25) is 5.76 Å². The molecule has 0 amide bonds. The fourth-order valence-corrected chi connectivity index (χ4v) is 1.95. The van der Waals surface area contributed by atoms with Crippen LogP contribution in [0.15, 0.2) is 28.7 Å². The van der Waals surface area contributed by atoms with E-state index in [-0.39, 0.29) is 4.99 Å². The molecule has 0 aliphatic heterocycles. The molecule has 2 N–H and O–H groups in total. The molecule has 0 atom stereocenters. The van der Waals surface area contributed by atoms with E-state index < -0.39 is 0 Å². The number of thiocarbonyl (C=S) groups is 1. The van der Waals surface area contributed by atoms with E-state index in [0.29, 0.717) is 17.4 Å². The van der Waals surface area contributed by atoms with E-state index in [1.165, 1.54) is 12.8 Å². The summed E-state index contributed by atoms with van der Waals surface area (Å²) in [6.07, 6.45) is 2.50. The van der Waals surface area contributed by atoms with Crippen LogP contribution in [0.3, 0.4) is 0 Å². The molecular weight excluding hydrogens is 234 g/mol. The number of furan rings is 1. The van der Waals surface area contributed by atoms with E-state index in [2.05, 4.69) is 0 Å². The summed E-state index contributed by atoms with van der Waals surface area (Å²) in [6, 6.07) is 7.72. The second kappa shape index (κ2) is 4.04. The molecule has 0 spiro atoms. The fourth-order valence-electron chi connectivity index (χ4n) is 1.81. The highest BCUT2D eigenvalue weighted by molar-refractivity contribution is 7.80. The molecule has 88 valence electrons.